The largest absolute Gasteiger partial charge is 0.361 e. The van der Waals surface area contributed by atoms with Gasteiger partial charge in [0.25, 0.3) is 0 Å². The molecule has 2 aliphatic rings. The summed E-state index contributed by atoms with van der Waals surface area (Å²) in [7, 11) is 1.88. The van der Waals surface area contributed by atoms with E-state index in [9.17, 15) is 0 Å². The molecule has 30 heavy (non-hydrogen) atoms. The molecule has 2 aromatic heterocycles. The third-order valence-corrected chi connectivity index (χ3v) is 7.30. The molecule has 2 fully saturated rings. The molecule has 5 rings (SSSR count). The summed E-state index contributed by atoms with van der Waals surface area (Å²) < 4.78 is 7.02. The van der Waals surface area contributed by atoms with Crippen LogP contribution in [0.3, 0.4) is 0 Å². The van der Waals surface area contributed by atoms with Crippen LogP contribution in [0.2, 0.25) is 5.15 Å². The summed E-state index contributed by atoms with van der Waals surface area (Å²) in [5.74, 6) is 1.45. The molecule has 3 aromatic rings. The quantitative estimate of drug-likeness (QED) is 0.652. The molecule has 2 saturated heterocycles. The van der Waals surface area contributed by atoms with Gasteiger partial charge in [-0.15, -0.1) is 0 Å². The van der Waals surface area contributed by atoms with Crippen molar-refractivity contribution in [3.05, 3.63) is 58.4 Å². The van der Waals surface area contributed by atoms with Crippen molar-refractivity contribution in [2.45, 2.75) is 26.3 Å². The highest BCUT2D eigenvalue weighted by Gasteiger charge is 2.49. The molecule has 0 amide bonds. The molecule has 0 radical (unpaired) electrons. The maximum Gasteiger partial charge on any atom is 0.134 e. The molecule has 2 atom stereocenters. The van der Waals surface area contributed by atoms with Gasteiger partial charge in [0, 0.05) is 50.3 Å². The highest BCUT2D eigenvalue weighted by atomic mass is 35.5. The number of aryl methyl sites for hydroxylation is 3. The number of nitrogens with zero attached hydrogens (tertiary/aromatic N) is 4. The van der Waals surface area contributed by atoms with E-state index < -0.39 is 0 Å². The Morgan fingerprint density at radius 2 is 2.13 bits per heavy atom. The standard InChI is InChI=1S/C23H28ClN5O/c1-16-10-20(27-30-16)21-19(22(24)28(2)26-21)13-29-12-18-11-25-14-23(18,15-29)9-8-17-6-4-3-5-7-17/h3-7,10,18,25H,8-9,11-15H2,1-2H3. The van der Waals surface area contributed by atoms with Crippen molar-refractivity contribution >= 4 is 11.6 Å². The Kier molecular flexibility index (Phi) is 5.17. The van der Waals surface area contributed by atoms with Gasteiger partial charge in [0.2, 0.25) is 0 Å². The first-order chi connectivity index (χ1) is 14.5. The number of likely N-dealkylation sites (tertiary alicyclic amines) is 1. The van der Waals surface area contributed by atoms with Crippen molar-refractivity contribution in [1.82, 2.24) is 25.2 Å². The number of hydrogen-bond donors (Lipinski definition) is 1. The van der Waals surface area contributed by atoms with Crippen LogP contribution in [0.25, 0.3) is 11.4 Å². The second-order valence-electron chi connectivity index (χ2n) is 8.91. The van der Waals surface area contributed by atoms with Crippen molar-refractivity contribution in [2.24, 2.45) is 18.4 Å². The van der Waals surface area contributed by atoms with E-state index in [0.717, 1.165) is 61.9 Å². The van der Waals surface area contributed by atoms with Gasteiger partial charge >= 0.3 is 0 Å². The van der Waals surface area contributed by atoms with Crippen molar-refractivity contribution in [2.75, 3.05) is 26.2 Å². The first-order valence-corrected chi connectivity index (χ1v) is 11.0. The molecule has 7 heteroatoms. The zero-order valence-corrected chi connectivity index (χ0v) is 18.3. The van der Waals surface area contributed by atoms with E-state index in [2.05, 4.69) is 50.8 Å². The second kappa shape index (κ2) is 7.84. The molecule has 1 aromatic carbocycles. The van der Waals surface area contributed by atoms with E-state index in [1.165, 1.54) is 12.0 Å². The maximum absolute atomic E-state index is 6.65. The molecule has 0 spiro atoms. The van der Waals surface area contributed by atoms with Crippen molar-refractivity contribution in [1.29, 1.82) is 0 Å². The monoisotopic (exact) mass is 425 g/mol. The molecular weight excluding hydrogens is 398 g/mol. The number of halogens is 1. The lowest BCUT2D eigenvalue weighted by Gasteiger charge is -2.28. The predicted molar refractivity (Wildman–Crippen MR) is 117 cm³/mol. The first-order valence-electron chi connectivity index (χ1n) is 10.7. The molecule has 1 N–H and O–H groups in total. The average Bonchev–Trinajstić information content (AvgIpc) is 3.47. The van der Waals surface area contributed by atoms with Gasteiger partial charge in [0.15, 0.2) is 0 Å². The number of nitrogens with one attached hydrogen (secondary N) is 1. The van der Waals surface area contributed by atoms with Gasteiger partial charge in [-0.1, -0.05) is 47.1 Å². The Morgan fingerprint density at radius 3 is 2.90 bits per heavy atom. The Morgan fingerprint density at radius 1 is 1.30 bits per heavy atom. The summed E-state index contributed by atoms with van der Waals surface area (Å²) in [5, 5.41) is 13.1. The number of rotatable bonds is 6. The van der Waals surface area contributed by atoms with Crippen LogP contribution in [0.5, 0.6) is 0 Å². The molecule has 0 aliphatic carbocycles. The van der Waals surface area contributed by atoms with Crippen LogP contribution in [0, 0.1) is 18.3 Å². The summed E-state index contributed by atoms with van der Waals surface area (Å²) in [4.78, 5) is 2.55. The fourth-order valence-electron chi connectivity index (χ4n) is 5.25. The zero-order chi connectivity index (χ0) is 20.7. The molecule has 6 nitrogen and oxygen atoms in total. The van der Waals surface area contributed by atoms with Gasteiger partial charge in [-0.3, -0.25) is 9.58 Å². The highest BCUT2D eigenvalue weighted by Crippen LogP contribution is 2.44. The lowest BCUT2D eigenvalue weighted by molar-refractivity contribution is 0.237. The Hall–Kier alpha value is -2.15. The minimum Gasteiger partial charge on any atom is -0.361 e. The first kappa shape index (κ1) is 19.8. The van der Waals surface area contributed by atoms with Crippen molar-refractivity contribution < 1.29 is 4.52 Å². The highest BCUT2D eigenvalue weighted by molar-refractivity contribution is 6.30. The fourth-order valence-corrected chi connectivity index (χ4v) is 5.43. The second-order valence-corrected chi connectivity index (χ2v) is 9.27. The van der Waals surface area contributed by atoms with Gasteiger partial charge in [0.1, 0.15) is 22.3 Å². The Bertz CT molecular complexity index is 1030. The molecule has 158 valence electrons. The lowest BCUT2D eigenvalue weighted by atomic mass is 9.76. The molecule has 4 heterocycles. The number of benzene rings is 1. The Labute approximate surface area is 182 Å². The molecule has 2 aliphatic heterocycles. The van der Waals surface area contributed by atoms with Crippen LogP contribution in [-0.4, -0.2) is 46.0 Å². The van der Waals surface area contributed by atoms with E-state index in [1.807, 2.05) is 20.0 Å². The summed E-state index contributed by atoms with van der Waals surface area (Å²) in [6, 6.07) is 12.8. The van der Waals surface area contributed by atoms with E-state index in [-0.39, 0.29) is 0 Å². The summed E-state index contributed by atoms with van der Waals surface area (Å²) in [5.41, 5.74) is 4.38. The summed E-state index contributed by atoms with van der Waals surface area (Å²) in [6.07, 6.45) is 2.34. The van der Waals surface area contributed by atoms with Crippen LogP contribution in [0.4, 0.5) is 0 Å². The minimum absolute atomic E-state index is 0.329. The van der Waals surface area contributed by atoms with Gasteiger partial charge in [-0.05, 0) is 37.8 Å². The third kappa shape index (κ3) is 3.57. The van der Waals surface area contributed by atoms with Crippen LogP contribution in [0.1, 0.15) is 23.3 Å². The minimum atomic E-state index is 0.329. The number of aromatic nitrogens is 3. The Balaban J connectivity index is 1.35. The molecule has 0 bridgehead atoms. The topological polar surface area (TPSA) is 59.1 Å². The zero-order valence-electron chi connectivity index (χ0n) is 17.6. The number of fused-ring (bicyclic) bond motifs is 1. The van der Waals surface area contributed by atoms with Crippen LogP contribution < -0.4 is 5.32 Å². The molecular formula is C23H28ClN5O. The van der Waals surface area contributed by atoms with Crippen LogP contribution in [-0.2, 0) is 20.0 Å². The van der Waals surface area contributed by atoms with Gasteiger partial charge in [-0.2, -0.15) is 5.10 Å². The number of hydrogen-bond acceptors (Lipinski definition) is 5. The predicted octanol–water partition coefficient (Wildman–Crippen LogP) is 3.69. The summed E-state index contributed by atoms with van der Waals surface area (Å²) >= 11 is 6.65. The van der Waals surface area contributed by atoms with Gasteiger partial charge < -0.3 is 9.84 Å². The lowest BCUT2D eigenvalue weighted by Crippen LogP contribution is -2.33. The van der Waals surface area contributed by atoms with Gasteiger partial charge in [0.05, 0.1) is 0 Å². The van der Waals surface area contributed by atoms with Gasteiger partial charge in [-0.25, -0.2) is 0 Å². The summed E-state index contributed by atoms with van der Waals surface area (Å²) in [6.45, 7) is 7.05. The SMILES string of the molecule is Cc1cc(-c2nn(C)c(Cl)c2CN2CC3CNCC3(CCc3ccccc3)C2)no1. The van der Waals surface area contributed by atoms with E-state index in [4.69, 9.17) is 16.1 Å². The third-order valence-electron chi connectivity index (χ3n) is 6.83. The van der Waals surface area contributed by atoms with E-state index in [1.54, 1.807) is 4.68 Å². The average molecular weight is 426 g/mol. The fraction of sp³-hybridized carbons (Fsp3) is 0.478. The smallest absolute Gasteiger partial charge is 0.134 e. The van der Waals surface area contributed by atoms with Crippen molar-refractivity contribution in [3.63, 3.8) is 0 Å². The van der Waals surface area contributed by atoms with E-state index >= 15 is 0 Å². The normalized spacial score (nSPS) is 23.9. The molecule has 2 unspecified atom stereocenters. The maximum atomic E-state index is 6.65. The molecule has 0 saturated carbocycles. The van der Waals surface area contributed by atoms with Crippen LogP contribution >= 0.6 is 11.6 Å². The van der Waals surface area contributed by atoms with Crippen LogP contribution in [0.15, 0.2) is 40.9 Å². The van der Waals surface area contributed by atoms with Crippen molar-refractivity contribution in [3.8, 4) is 11.4 Å². The van der Waals surface area contributed by atoms with E-state index in [0.29, 0.717) is 16.5 Å².